The van der Waals surface area contributed by atoms with Gasteiger partial charge < -0.3 is 5.32 Å². The second-order valence-corrected chi connectivity index (χ2v) is 7.42. The Labute approximate surface area is 163 Å². The van der Waals surface area contributed by atoms with Crippen LogP contribution in [0.5, 0.6) is 0 Å². The molecule has 28 heavy (non-hydrogen) atoms. The number of para-hydroxylation sites is 1. The number of carbonyl (C=O) groups is 1. The lowest BCUT2D eigenvalue weighted by atomic mass is 10.1. The lowest BCUT2D eigenvalue weighted by molar-refractivity contribution is -0.124. The van der Waals surface area contributed by atoms with Crippen LogP contribution in [0.15, 0.2) is 52.1 Å². The van der Waals surface area contributed by atoms with E-state index < -0.39 is 17.3 Å². The Morgan fingerprint density at radius 3 is 2.29 bits per heavy atom. The fourth-order valence-electron chi connectivity index (χ4n) is 3.27. The first-order valence-corrected chi connectivity index (χ1v) is 9.36. The number of benzene rings is 2. The maximum Gasteiger partial charge on any atom is 0.336 e. The quantitative estimate of drug-likeness (QED) is 0.758. The first-order valence-electron chi connectivity index (χ1n) is 9.36. The largest absolute Gasteiger partial charge is 0.352 e. The topological polar surface area (TPSA) is 73.1 Å². The molecule has 0 radical (unpaired) electrons. The number of nitrogens with zero attached hydrogens (tertiary/aromatic N) is 2. The number of aryl methyl sites for hydroxylation is 2. The van der Waals surface area contributed by atoms with Gasteiger partial charge in [-0.25, -0.2) is 9.36 Å². The molecule has 0 fully saturated rings. The number of hydrogen-bond acceptors (Lipinski definition) is 3. The zero-order chi connectivity index (χ0) is 20.6. The van der Waals surface area contributed by atoms with Crippen LogP contribution in [0.1, 0.15) is 37.9 Å². The SMILES string of the molecule is Cc1ccc(-n2c(=O)c3ccccc3n(C(C)C(=O)NC(C)C)c2=O)cc1C. The van der Waals surface area contributed by atoms with E-state index in [-0.39, 0.29) is 11.9 Å². The number of carbonyl (C=O) groups excluding carboxylic acids is 1. The van der Waals surface area contributed by atoms with Crippen LogP contribution in [0.3, 0.4) is 0 Å². The molecule has 1 atom stereocenters. The molecule has 3 rings (SSSR count). The third-order valence-corrected chi connectivity index (χ3v) is 4.94. The molecule has 6 heteroatoms. The molecule has 0 aliphatic carbocycles. The summed E-state index contributed by atoms with van der Waals surface area (Å²) in [6, 6.07) is 11.5. The van der Waals surface area contributed by atoms with Crippen molar-refractivity contribution in [3.63, 3.8) is 0 Å². The van der Waals surface area contributed by atoms with Crippen LogP contribution in [0, 0.1) is 13.8 Å². The van der Waals surface area contributed by atoms with Gasteiger partial charge in [-0.3, -0.25) is 14.2 Å². The Kier molecular flexibility index (Phi) is 5.23. The molecule has 1 heterocycles. The molecule has 2 aromatic carbocycles. The summed E-state index contributed by atoms with van der Waals surface area (Å²) in [5, 5.41) is 3.23. The average Bonchev–Trinajstić information content (AvgIpc) is 2.64. The fraction of sp³-hybridized carbons (Fsp3) is 0.318. The van der Waals surface area contributed by atoms with Crippen molar-refractivity contribution in [3.05, 3.63) is 74.4 Å². The van der Waals surface area contributed by atoms with E-state index in [2.05, 4.69) is 5.32 Å². The molecule has 146 valence electrons. The fourth-order valence-corrected chi connectivity index (χ4v) is 3.27. The number of aromatic nitrogens is 2. The number of amides is 1. The molecule has 0 bridgehead atoms. The second-order valence-electron chi connectivity index (χ2n) is 7.42. The van der Waals surface area contributed by atoms with Gasteiger partial charge in [0, 0.05) is 6.04 Å². The van der Waals surface area contributed by atoms with Gasteiger partial charge in [0.05, 0.1) is 16.6 Å². The van der Waals surface area contributed by atoms with Crippen LogP contribution < -0.4 is 16.6 Å². The Morgan fingerprint density at radius 2 is 1.64 bits per heavy atom. The Morgan fingerprint density at radius 1 is 0.964 bits per heavy atom. The monoisotopic (exact) mass is 379 g/mol. The zero-order valence-electron chi connectivity index (χ0n) is 16.8. The van der Waals surface area contributed by atoms with Crippen molar-refractivity contribution in [1.29, 1.82) is 0 Å². The number of nitrogens with one attached hydrogen (secondary N) is 1. The van der Waals surface area contributed by atoms with Gasteiger partial charge >= 0.3 is 5.69 Å². The number of fused-ring (bicyclic) bond motifs is 1. The maximum atomic E-state index is 13.4. The van der Waals surface area contributed by atoms with Crippen molar-refractivity contribution in [3.8, 4) is 5.69 Å². The van der Waals surface area contributed by atoms with Crippen LogP contribution in [0.25, 0.3) is 16.6 Å². The van der Waals surface area contributed by atoms with E-state index >= 15 is 0 Å². The minimum Gasteiger partial charge on any atom is -0.352 e. The molecule has 0 aliphatic heterocycles. The van der Waals surface area contributed by atoms with Gasteiger partial charge in [-0.2, -0.15) is 0 Å². The summed E-state index contributed by atoms with van der Waals surface area (Å²) in [5.74, 6) is -0.271. The van der Waals surface area contributed by atoms with E-state index in [1.807, 2.05) is 39.8 Å². The minimum absolute atomic E-state index is 0.0532. The predicted octanol–water partition coefficient (Wildman–Crippen LogP) is 2.85. The van der Waals surface area contributed by atoms with E-state index in [4.69, 9.17) is 0 Å². The van der Waals surface area contributed by atoms with E-state index in [1.54, 1.807) is 37.3 Å². The Balaban J connectivity index is 2.35. The van der Waals surface area contributed by atoms with Gasteiger partial charge in [0.2, 0.25) is 5.91 Å². The van der Waals surface area contributed by atoms with E-state index in [0.29, 0.717) is 16.6 Å². The highest BCUT2D eigenvalue weighted by Crippen LogP contribution is 2.16. The first-order chi connectivity index (χ1) is 13.2. The Hall–Kier alpha value is -3.15. The number of hydrogen-bond donors (Lipinski definition) is 1. The van der Waals surface area contributed by atoms with E-state index in [0.717, 1.165) is 15.7 Å². The van der Waals surface area contributed by atoms with Gasteiger partial charge in [-0.1, -0.05) is 18.2 Å². The molecule has 0 saturated carbocycles. The van der Waals surface area contributed by atoms with Crippen molar-refractivity contribution >= 4 is 16.8 Å². The standard InChI is InChI=1S/C22H25N3O3/c1-13(2)23-20(26)16(5)24-19-9-7-6-8-18(19)21(27)25(22(24)28)17-11-10-14(3)15(4)12-17/h6-13,16H,1-5H3,(H,23,26). The van der Waals surface area contributed by atoms with Crippen LogP contribution in [-0.2, 0) is 4.79 Å². The second kappa shape index (κ2) is 7.46. The summed E-state index contributed by atoms with van der Waals surface area (Å²) in [4.78, 5) is 39.1. The molecule has 6 nitrogen and oxygen atoms in total. The minimum atomic E-state index is -0.766. The highest BCUT2D eigenvalue weighted by atomic mass is 16.2. The van der Waals surface area contributed by atoms with E-state index in [9.17, 15) is 14.4 Å². The van der Waals surface area contributed by atoms with Gasteiger partial charge in [-0.15, -0.1) is 0 Å². The van der Waals surface area contributed by atoms with Gasteiger partial charge in [-0.05, 0) is 70.0 Å². The van der Waals surface area contributed by atoms with Crippen molar-refractivity contribution in [2.75, 3.05) is 0 Å². The summed E-state index contributed by atoms with van der Waals surface area (Å²) >= 11 is 0. The van der Waals surface area contributed by atoms with Crippen LogP contribution in [0.2, 0.25) is 0 Å². The highest BCUT2D eigenvalue weighted by molar-refractivity contribution is 5.84. The Bertz CT molecular complexity index is 1170. The van der Waals surface area contributed by atoms with Crippen molar-refractivity contribution in [2.45, 2.75) is 46.7 Å². The molecule has 1 aromatic heterocycles. The van der Waals surface area contributed by atoms with Gasteiger partial charge in [0.25, 0.3) is 5.56 Å². The first kappa shape index (κ1) is 19.6. The lowest BCUT2D eigenvalue weighted by Gasteiger charge is -2.20. The van der Waals surface area contributed by atoms with Crippen LogP contribution in [-0.4, -0.2) is 21.1 Å². The summed E-state index contributed by atoms with van der Waals surface area (Å²) in [7, 11) is 0. The summed E-state index contributed by atoms with van der Waals surface area (Å²) in [5.41, 5.74) is 2.07. The van der Waals surface area contributed by atoms with Crippen molar-refractivity contribution in [2.24, 2.45) is 0 Å². The molecule has 1 unspecified atom stereocenters. The predicted molar refractivity (Wildman–Crippen MR) is 111 cm³/mol. The third kappa shape index (κ3) is 3.38. The lowest BCUT2D eigenvalue weighted by Crippen LogP contribution is -2.44. The smallest absolute Gasteiger partial charge is 0.336 e. The molecule has 3 aromatic rings. The normalized spacial score (nSPS) is 12.4. The molecule has 0 saturated heterocycles. The van der Waals surface area contributed by atoms with Gasteiger partial charge in [0.15, 0.2) is 0 Å². The maximum absolute atomic E-state index is 13.4. The van der Waals surface area contributed by atoms with E-state index in [1.165, 1.54) is 4.57 Å². The van der Waals surface area contributed by atoms with Crippen molar-refractivity contribution < 1.29 is 4.79 Å². The van der Waals surface area contributed by atoms with Crippen molar-refractivity contribution in [1.82, 2.24) is 14.5 Å². The summed E-state index contributed by atoms with van der Waals surface area (Å²) < 4.78 is 2.54. The number of rotatable bonds is 4. The summed E-state index contributed by atoms with van der Waals surface area (Å²) in [6.07, 6.45) is 0. The average molecular weight is 379 g/mol. The molecular formula is C22H25N3O3. The highest BCUT2D eigenvalue weighted by Gasteiger charge is 2.23. The molecule has 1 amide bonds. The molecule has 0 spiro atoms. The summed E-state index contributed by atoms with van der Waals surface area (Å²) in [6.45, 7) is 9.30. The molecular weight excluding hydrogens is 354 g/mol. The molecule has 0 aliphatic rings. The van der Waals surface area contributed by atoms with Gasteiger partial charge in [0.1, 0.15) is 6.04 Å². The zero-order valence-corrected chi connectivity index (χ0v) is 16.8. The van der Waals surface area contributed by atoms with Crippen LogP contribution in [0.4, 0.5) is 0 Å². The van der Waals surface area contributed by atoms with Crippen LogP contribution >= 0.6 is 0 Å². The molecule has 1 N–H and O–H groups in total. The third-order valence-electron chi connectivity index (χ3n) is 4.94.